The molecule has 0 heterocycles. The molecule has 0 aliphatic rings. The molecule has 0 saturated carbocycles. The van der Waals surface area contributed by atoms with Crippen LogP contribution < -0.4 is 11.1 Å². The summed E-state index contributed by atoms with van der Waals surface area (Å²) in [5, 5.41) is 2.90. The van der Waals surface area contributed by atoms with Gasteiger partial charge in [-0.1, -0.05) is 31.9 Å². The van der Waals surface area contributed by atoms with Crippen molar-refractivity contribution < 1.29 is 4.79 Å². The number of benzene rings is 1. The summed E-state index contributed by atoms with van der Waals surface area (Å²) in [4.78, 5) is 11.7. The molecule has 3 N–H and O–H groups in total. The van der Waals surface area contributed by atoms with Gasteiger partial charge in [0.1, 0.15) is 0 Å². The van der Waals surface area contributed by atoms with E-state index in [2.05, 4.69) is 12.2 Å². The molecule has 1 amide bonds. The molecule has 0 fully saturated rings. The molecular weight excluding hydrogens is 236 g/mol. The molecule has 0 spiro atoms. The second-order valence-electron chi connectivity index (χ2n) is 3.86. The van der Waals surface area contributed by atoms with Crippen LogP contribution in [-0.2, 0) is 6.54 Å². The Bertz CT molecular complexity index is 325. The first kappa shape index (κ1) is 15.9. The van der Waals surface area contributed by atoms with Gasteiger partial charge in [-0.15, -0.1) is 12.4 Å². The Morgan fingerprint density at radius 2 is 1.88 bits per heavy atom. The van der Waals surface area contributed by atoms with Crippen molar-refractivity contribution in [2.45, 2.75) is 32.7 Å². The van der Waals surface area contributed by atoms with Gasteiger partial charge < -0.3 is 11.1 Å². The maximum Gasteiger partial charge on any atom is 0.251 e. The molecule has 4 heteroatoms. The third-order valence-electron chi connectivity index (χ3n) is 2.52. The van der Waals surface area contributed by atoms with Gasteiger partial charge in [0.25, 0.3) is 5.91 Å². The summed E-state index contributed by atoms with van der Waals surface area (Å²) in [7, 11) is 0. The van der Waals surface area contributed by atoms with Crippen LogP contribution in [0.3, 0.4) is 0 Å². The average molecular weight is 257 g/mol. The summed E-state index contributed by atoms with van der Waals surface area (Å²) in [6.45, 7) is 3.41. The zero-order valence-corrected chi connectivity index (χ0v) is 11.1. The lowest BCUT2D eigenvalue weighted by atomic mass is 10.1. The van der Waals surface area contributed by atoms with Gasteiger partial charge in [-0.05, 0) is 24.1 Å². The van der Waals surface area contributed by atoms with Crippen molar-refractivity contribution >= 4 is 18.3 Å². The molecule has 1 rings (SSSR count). The molecule has 3 nitrogen and oxygen atoms in total. The summed E-state index contributed by atoms with van der Waals surface area (Å²) >= 11 is 0. The van der Waals surface area contributed by atoms with E-state index in [4.69, 9.17) is 5.73 Å². The molecular formula is C13H21ClN2O. The number of nitrogens with two attached hydrogens (primary N) is 1. The average Bonchev–Trinajstić information content (AvgIpc) is 2.34. The van der Waals surface area contributed by atoms with Crippen LogP contribution in [0.4, 0.5) is 0 Å². The quantitative estimate of drug-likeness (QED) is 0.769. The Morgan fingerprint density at radius 1 is 1.24 bits per heavy atom. The lowest BCUT2D eigenvalue weighted by Crippen LogP contribution is -2.24. The van der Waals surface area contributed by atoms with Crippen molar-refractivity contribution in [1.82, 2.24) is 5.32 Å². The van der Waals surface area contributed by atoms with Crippen molar-refractivity contribution in [3.8, 4) is 0 Å². The van der Waals surface area contributed by atoms with Crippen molar-refractivity contribution in [2.75, 3.05) is 6.54 Å². The molecule has 0 atom stereocenters. The van der Waals surface area contributed by atoms with E-state index in [1.165, 1.54) is 6.42 Å². The topological polar surface area (TPSA) is 55.1 Å². The van der Waals surface area contributed by atoms with Gasteiger partial charge >= 0.3 is 0 Å². The van der Waals surface area contributed by atoms with Gasteiger partial charge in [0.2, 0.25) is 0 Å². The maximum absolute atomic E-state index is 11.7. The molecule has 0 aliphatic heterocycles. The van der Waals surface area contributed by atoms with Crippen molar-refractivity contribution in [2.24, 2.45) is 5.73 Å². The van der Waals surface area contributed by atoms with Crippen LogP contribution in [0.25, 0.3) is 0 Å². The molecule has 1 aromatic rings. The van der Waals surface area contributed by atoms with Crippen LogP contribution in [0.2, 0.25) is 0 Å². The SMILES string of the molecule is CCCCCNC(=O)c1ccc(CN)cc1.Cl. The van der Waals surface area contributed by atoms with Gasteiger partial charge in [0.15, 0.2) is 0 Å². The number of carbonyl (C=O) groups is 1. The number of rotatable bonds is 6. The molecule has 0 radical (unpaired) electrons. The second-order valence-corrected chi connectivity index (χ2v) is 3.86. The lowest BCUT2D eigenvalue weighted by Gasteiger charge is -2.05. The van der Waals surface area contributed by atoms with Crippen LogP contribution in [0, 0.1) is 0 Å². The Kier molecular flexibility index (Phi) is 8.46. The number of carbonyl (C=O) groups excluding carboxylic acids is 1. The van der Waals surface area contributed by atoms with Crippen LogP contribution >= 0.6 is 12.4 Å². The van der Waals surface area contributed by atoms with E-state index in [1.54, 1.807) is 0 Å². The zero-order chi connectivity index (χ0) is 11.8. The third-order valence-corrected chi connectivity index (χ3v) is 2.52. The number of halogens is 1. The van der Waals surface area contributed by atoms with Gasteiger partial charge in [0, 0.05) is 18.7 Å². The molecule has 0 aromatic heterocycles. The van der Waals surface area contributed by atoms with Gasteiger partial charge in [-0.25, -0.2) is 0 Å². The zero-order valence-electron chi connectivity index (χ0n) is 10.2. The van der Waals surface area contributed by atoms with E-state index in [0.717, 1.165) is 24.9 Å². The summed E-state index contributed by atoms with van der Waals surface area (Å²) in [5.41, 5.74) is 7.24. The molecule has 17 heavy (non-hydrogen) atoms. The molecule has 96 valence electrons. The molecule has 0 bridgehead atoms. The predicted molar refractivity (Wildman–Crippen MR) is 73.4 cm³/mol. The minimum absolute atomic E-state index is 0. The van der Waals surface area contributed by atoms with E-state index in [-0.39, 0.29) is 18.3 Å². The van der Waals surface area contributed by atoms with E-state index in [9.17, 15) is 4.79 Å². The standard InChI is InChI=1S/C13H20N2O.ClH/c1-2-3-4-9-15-13(16)12-7-5-11(10-14)6-8-12;/h5-8H,2-4,9-10,14H2,1H3,(H,15,16);1H. The van der Waals surface area contributed by atoms with E-state index >= 15 is 0 Å². The van der Waals surface area contributed by atoms with Crippen molar-refractivity contribution in [1.29, 1.82) is 0 Å². The predicted octanol–water partition coefficient (Wildman–Crippen LogP) is 2.49. The van der Waals surface area contributed by atoms with Crippen molar-refractivity contribution in [3.63, 3.8) is 0 Å². The third kappa shape index (κ3) is 5.71. The number of hydrogen-bond donors (Lipinski definition) is 2. The summed E-state index contributed by atoms with van der Waals surface area (Å²) < 4.78 is 0. The minimum atomic E-state index is -0.000301. The van der Waals surface area contributed by atoms with Crippen LogP contribution in [0.5, 0.6) is 0 Å². The van der Waals surface area contributed by atoms with Gasteiger partial charge in [-0.3, -0.25) is 4.79 Å². The Morgan fingerprint density at radius 3 is 2.41 bits per heavy atom. The molecule has 0 unspecified atom stereocenters. The van der Waals surface area contributed by atoms with Crippen LogP contribution in [-0.4, -0.2) is 12.5 Å². The fraction of sp³-hybridized carbons (Fsp3) is 0.462. The summed E-state index contributed by atoms with van der Waals surface area (Å²) in [6, 6.07) is 7.41. The first-order chi connectivity index (χ1) is 7.77. The van der Waals surface area contributed by atoms with Gasteiger partial charge in [-0.2, -0.15) is 0 Å². The second kappa shape index (κ2) is 9.02. The Hall–Kier alpha value is -1.06. The maximum atomic E-state index is 11.7. The minimum Gasteiger partial charge on any atom is -0.352 e. The van der Waals surface area contributed by atoms with E-state index < -0.39 is 0 Å². The molecule has 1 aromatic carbocycles. The van der Waals surface area contributed by atoms with E-state index in [0.29, 0.717) is 12.1 Å². The highest BCUT2D eigenvalue weighted by molar-refractivity contribution is 5.94. The first-order valence-corrected chi connectivity index (χ1v) is 5.85. The molecule has 0 aliphatic carbocycles. The summed E-state index contributed by atoms with van der Waals surface area (Å²) in [5.74, 6) is -0.000301. The van der Waals surface area contributed by atoms with Crippen LogP contribution in [0.1, 0.15) is 42.1 Å². The number of unbranched alkanes of at least 4 members (excludes halogenated alkanes) is 2. The summed E-state index contributed by atoms with van der Waals surface area (Å²) in [6.07, 6.45) is 3.37. The largest absolute Gasteiger partial charge is 0.352 e. The first-order valence-electron chi connectivity index (χ1n) is 5.85. The van der Waals surface area contributed by atoms with Crippen molar-refractivity contribution in [3.05, 3.63) is 35.4 Å². The van der Waals surface area contributed by atoms with E-state index in [1.807, 2.05) is 24.3 Å². The Balaban J connectivity index is 0.00000256. The lowest BCUT2D eigenvalue weighted by molar-refractivity contribution is 0.0953. The molecule has 0 saturated heterocycles. The fourth-order valence-electron chi connectivity index (χ4n) is 1.47. The van der Waals surface area contributed by atoms with Gasteiger partial charge in [0.05, 0.1) is 0 Å². The number of amides is 1. The number of nitrogens with one attached hydrogen (secondary N) is 1. The fourth-order valence-corrected chi connectivity index (χ4v) is 1.47. The monoisotopic (exact) mass is 256 g/mol. The normalized spacial score (nSPS) is 9.53. The number of hydrogen-bond acceptors (Lipinski definition) is 2. The Labute approximate surface area is 109 Å². The van der Waals surface area contributed by atoms with Crippen LogP contribution in [0.15, 0.2) is 24.3 Å². The highest BCUT2D eigenvalue weighted by atomic mass is 35.5. The highest BCUT2D eigenvalue weighted by Gasteiger charge is 2.03. The smallest absolute Gasteiger partial charge is 0.251 e. The highest BCUT2D eigenvalue weighted by Crippen LogP contribution is 2.03.